The minimum absolute atomic E-state index is 0.0149. The number of rotatable bonds is 6. The molecule has 1 aromatic rings. The maximum absolute atomic E-state index is 11.6. The summed E-state index contributed by atoms with van der Waals surface area (Å²) in [5.41, 5.74) is 2.27. The highest BCUT2D eigenvalue weighted by molar-refractivity contribution is 5.90. The Morgan fingerprint density at radius 2 is 1.81 bits per heavy atom. The summed E-state index contributed by atoms with van der Waals surface area (Å²) < 4.78 is 14.3. The molecule has 1 aliphatic heterocycles. The SMILES string of the molecule is C=C1CCOC1=O.C=Cc1ccc(C(=O)OCCOC(=O)C(=C)C)cc1. The molecule has 6 heteroatoms. The Kier molecular flexibility index (Phi) is 8.57. The zero-order valence-corrected chi connectivity index (χ0v) is 14.8. The van der Waals surface area contributed by atoms with E-state index in [2.05, 4.69) is 24.5 Å². The monoisotopic (exact) mass is 358 g/mol. The van der Waals surface area contributed by atoms with Crippen LogP contribution in [0.15, 0.2) is 55.1 Å². The topological polar surface area (TPSA) is 78.9 Å². The van der Waals surface area contributed by atoms with Crippen LogP contribution < -0.4 is 0 Å². The molecule has 0 amide bonds. The molecule has 0 atom stereocenters. The van der Waals surface area contributed by atoms with Crippen LogP contribution in [-0.4, -0.2) is 37.7 Å². The first kappa shape index (κ1) is 20.9. The Labute approximate surface area is 152 Å². The van der Waals surface area contributed by atoms with Gasteiger partial charge < -0.3 is 14.2 Å². The van der Waals surface area contributed by atoms with E-state index in [1.54, 1.807) is 37.3 Å². The predicted molar refractivity (Wildman–Crippen MR) is 97.3 cm³/mol. The van der Waals surface area contributed by atoms with E-state index in [4.69, 9.17) is 9.47 Å². The molecule has 138 valence electrons. The van der Waals surface area contributed by atoms with E-state index in [1.807, 2.05) is 0 Å². The van der Waals surface area contributed by atoms with Gasteiger partial charge in [0.15, 0.2) is 0 Å². The third-order valence-electron chi connectivity index (χ3n) is 3.21. The molecule has 1 aliphatic rings. The van der Waals surface area contributed by atoms with Gasteiger partial charge in [0.2, 0.25) is 0 Å². The van der Waals surface area contributed by atoms with Crippen LogP contribution in [0.4, 0.5) is 0 Å². The first-order valence-corrected chi connectivity index (χ1v) is 7.92. The van der Waals surface area contributed by atoms with Crippen LogP contribution in [0.25, 0.3) is 6.08 Å². The van der Waals surface area contributed by atoms with E-state index in [0.29, 0.717) is 29.7 Å². The Morgan fingerprint density at radius 1 is 1.19 bits per heavy atom. The molecule has 1 aromatic carbocycles. The highest BCUT2D eigenvalue weighted by atomic mass is 16.6. The van der Waals surface area contributed by atoms with Crippen LogP contribution in [0, 0.1) is 0 Å². The van der Waals surface area contributed by atoms with E-state index >= 15 is 0 Å². The molecule has 1 fully saturated rings. The molecule has 0 bridgehead atoms. The second-order valence-corrected chi connectivity index (χ2v) is 5.37. The summed E-state index contributed by atoms with van der Waals surface area (Å²) in [7, 11) is 0. The lowest BCUT2D eigenvalue weighted by atomic mass is 10.1. The van der Waals surface area contributed by atoms with Crippen molar-refractivity contribution in [3.63, 3.8) is 0 Å². The van der Waals surface area contributed by atoms with Gasteiger partial charge in [-0.05, 0) is 24.6 Å². The van der Waals surface area contributed by atoms with Crippen LogP contribution in [0.5, 0.6) is 0 Å². The van der Waals surface area contributed by atoms with Crippen LogP contribution in [0.1, 0.15) is 29.3 Å². The van der Waals surface area contributed by atoms with Crippen molar-refractivity contribution >= 4 is 24.0 Å². The van der Waals surface area contributed by atoms with Gasteiger partial charge in [-0.25, -0.2) is 14.4 Å². The maximum atomic E-state index is 11.6. The lowest BCUT2D eigenvalue weighted by Crippen LogP contribution is -2.14. The van der Waals surface area contributed by atoms with E-state index in [-0.39, 0.29) is 19.2 Å². The van der Waals surface area contributed by atoms with Gasteiger partial charge in [-0.2, -0.15) is 0 Å². The van der Waals surface area contributed by atoms with Crippen LogP contribution in [0.3, 0.4) is 0 Å². The number of cyclic esters (lactones) is 1. The van der Waals surface area contributed by atoms with Crippen molar-refractivity contribution in [1.29, 1.82) is 0 Å². The van der Waals surface area contributed by atoms with E-state index in [1.165, 1.54) is 0 Å². The zero-order chi connectivity index (χ0) is 19.5. The van der Waals surface area contributed by atoms with E-state index in [0.717, 1.165) is 5.56 Å². The van der Waals surface area contributed by atoms with Gasteiger partial charge in [0.05, 0.1) is 12.2 Å². The number of esters is 3. The number of carbonyl (C=O) groups excluding carboxylic acids is 3. The minimum Gasteiger partial charge on any atom is -0.462 e. The third-order valence-corrected chi connectivity index (χ3v) is 3.21. The number of benzene rings is 1. The Hall–Kier alpha value is -3.15. The largest absolute Gasteiger partial charge is 0.462 e. The second kappa shape index (κ2) is 10.7. The summed E-state index contributed by atoms with van der Waals surface area (Å²) in [6.07, 6.45) is 2.39. The fraction of sp³-hybridized carbons (Fsp3) is 0.250. The number of ether oxygens (including phenoxy) is 3. The standard InChI is InChI=1S/C15H16O4.C5H6O2/c1-4-12-5-7-13(8-6-12)15(17)19-10-9-18-14(16)11(2)3;1-4-2-3-7-5(4)6/h4-8H,1-2,9-10H2,3H3;1-3H2. The lowest BCUT2D eigenvalue weighted by Gasteiger charge is -2.06. The van der Waals surface area contributed by atoms with Crippen molar-refractivity contribution in [3.05, 3.63) is 66.3 Å². The fourth-order valence-electron chi connectivity index (χ4n) is 1.70. The Balaban J connectivity index is 0.000000401. The Bertz CT molecular complexity index is 686. The molecule has 0 N–H and O–H groups in total. The predicted octanol–water partition coefficient (Wildman–Crippen LogP) is 3.10. The van der Waals surface area contributed by atoms with Crippen molar-refractivity contribution in [1.82, 2.24) is 0 Å². The summed E-state index contributed by atoms with van der Waals surface area (Å²) in [5, 5.41) is 0. The summed E-state index contributed by atoms with van der Waals surface area (Å²) in [6, 6.07) is 6.84. The zero-order valence-electron chi connectivity index (χ0n) is 14.8. The van der Waals surface area contributed by atoms with Crippen molar-refractivity contribution in [2.24, 2.45) is 0 Å². The molecular weight excluding hydrogens is 336 g/mol. The smallest absolute Gasteiger partial charge is 0.338 e. The first-order valence-electron chi connectivity index (χ1n) is 7.92. The van der Waals surface area contributed by atoms with Gasteiger partial charge in [0.25, 0.3) is 0 Å². The van der Waals surface area contributed by atoms with Gasteiger partial charge in [-0.1, -0.05) is 37.9 Å². The molecule has 1 heterocycles. The molecule has 0 aliphatic carbocycles. The molecule has 6 nitrogen and oxygen atoms in total. The molecule has 0 unspecified atom stereocenters. The highest BCUT2D eigenvalue weighted by Crippen LogP contribution is 2.08. The van der Waals surface area contributed by atoms with Crippen molar-refractivity contribution in [2.75, 3.05) is 19.8 Å². The molecule has 1 saturated heterocycles. The van der Waals surface area contributed by atoms with Crippen LogP contribution in [0.2, 0.25) is 0 Å². The van der Waals surface area contributed by atoms with Gasteiger partial charge in [0, 0.05) is 17.6 Å². The first-order chi connectivity index (χ1) is 12.3. The summed E-state index contributed by atoms with van der Waals surface area (Å²) in [4.78, 5) is 32.9. The molecule has 0 spiro atoms. The van der Waals surface area contributed by atoms with Crippen LogP contribution in [-0.2, 0) is 23.8 Å². The number of carbonyl (C=O) groups is 3. The van der Waals surface area contributed by atoms with Gasteiger partial charge in [-0.3, -0.25) is 0 Å². The van der Waals surface area contributed by atoms with Crippen molar-refractivity contribution in [3.8, 4) is 0 Å². The van der Waals surface area contributed by atoms with Gasteiger partial charge in [0.1, 0.15) is 13.2 Å². The highest BCUT2D eigenvalue weighted by Gasteiger charge is 2.14. The van der Waals surface area contributed by atoms with Crippen molar-refractivity contribution in [2.45, 2.75) is 13.3 Å². The Morgan fingerprint density at radius 3 is 2.23 bits per heavy atom. The second-order valence-electron chi connectivity index (χ2n) is 5.37. The summed E-state index contributed by atoms with van der Waals surface area (Å²) >= 11 is 0. The third kappa shape index (κ3) is 7.17. The average molecular weight is 358 g/mol. The van der Waals surface area contributed by atoms with E-state index < -0.39 is 11.9 Å². The maximum Gasteiger partial charge on any atom is 0.338 e. The minimum atomic E-state index is -0.494. The number of hydrogen-bond donors (Lipinski definition) is 0. The average Bonchev–Trinajstić information content (AvgIpc) is 3.01. The summed E-state index contributed by atoms with van der Waals surface area (Å²) in [5.74, 6) is -1.19. The fourth-order valence-corrected chi connectivity index (χ4v) is 1.70. The molecule has 2 rings (SSSR count). The van der Waals surface area contributed by atoms with Crippen LogP contribution >= 0.6 is 0 Å². The normalized spacial score (nSPS) is 12.3. The van der Waals surface area contributed by atoms with E-state index in [9.17, 15) is 14.4 Å². The van der Waals surface area contributed by atoms with Gasteiger partial charge >= 0.3 is 17.9 Å². The number of hydrogen-bond acceptors (Lipinski definition) is 6. The molecule has 0 radical (unpaired) electrons. The van der Waals surface area contributed by atoms with Gasteiger partial charge in [-0.15, -0.1) is 0 Å². The molecule has 0 aromatic heterocycles. The molecular formula is C20H22O6. The summed E-state index contributed by atoms with van der Waals surface area (Å²) in [6.45, 7) is 12.6. The lowest BCUT2D eigenvalue weighted by molar-refractivity contribution is -0.140. The molecule has 26 heavy (non-hydrogen) atoms. The quantitative estimate of drug-likeness (QED) is 0.336. The molecule has 0 saturated carbocycles. The van der Waals surface area contributed by atoms with Crippen molar-refractivity contribution < 1.29 is 28.6 Å².